The summed E-state index contributed by atoms with van der Waals surface area (Å²) < 4.78 is 6.71. The molecule has 0 saturated heterocycles. The van der Waals surface area contributed by atoms with Crippen molar-refractivity contribution in [1.82, 2.24) is 4.90 Å². The van der Waals surface area contributed by atoms with Crippen molar-refractivity contribution < 1.29 is 14.6 Å². The number of carbonyl (C=O) groups is 1. The summed E-state index contributed by atoms with van der Waals surface area (Å²) in [6.45, 7) is 10.2. The van der Waals surface area contributed by atoms with E-state index in [9.17, 15) is 9.90 Å². The minimum Gasteiger partial charge on any atom is -0.418 e. The van der Waals surface area contributed by atoms with Crippen molar-refractivity contribution in [2.75, 3.05) is 0 Å². The highest BCUT2D eigenvalue weighted by atomic mass is 79.9. The first kappa shape index (κ1) is 24.9. The zero-order chi connectivity index (χ0) is 22.3. The number of hydrogen-bond donors (Lipinski definition) is 1. The van der Waals surface area contributed by atoms with E-state index in [-0.39, 0.29) is 23.6 Å². The van der Waals surface area contributed by atoms with Crippen LogP contribution in [0.2, 0.25) is 0 Å². The Labute approximate surface area is 190 Å². The van der Waals surface area contributed by atoms with E-state index in [1.54, 1.807) is 11.2 Å². The van der Waals surface area contributed by atoms with E-state index in [2.05, 4.69) is 22.9 Å². The molecule has 1 N–H and O–H groups in total. The molecule has 0 aromatic heterocycles. The van der Waals surface area contributed by atoms with Gasteiger partial charge >= 0.3 is 6.09 Å². The van der Waals surface area contributed by atoms with E-state index in [0.717, 1.165) is 60.6 Å². The van der Waals surface area contributed by atoms with Crippen LogP contribution in [0.3, 0.4) is 0 Å². The van der Waals surface area contributed by atoms with Crippen LogP contribution < -0.4 is 0 Å². The van der Waals surface area contributed by atoms with Gasteiger partial charge in [0.1, 0.15) is 0 Å². The number of ether oxygens (including phenoxy) is 1. The van der Waals surface area contributed by atoms with Crippen molar-refractivity contribution in [2.24, 2.45) is 5.41 Å². The molecule has 0 heterocycles. The Morgan fingerprint density at radius 2 is 1.83 bits per heavy atom. The Kier molecular flexibility index (Phi) is 9.42. The maximum absolute atomic E-state index is 12.8. The van der Waals surface area contributed by atoms with E-state index < -0.39 is 6.10 Å². The Bertz CT molecular complexity index is 706. The highest BCUT2D eigenvalue weighted by molar-refractivity contribution is 9.10. The van der Waals surface area contributed by atoms with E-state index in [0.29, 0.717) is 0 Å². The van der Waals surface area contributed by atoms with E-state index in [4.69, 9.17) is 4.74 Å². The predicted octanol–water partition coefficient (Wildman–Crippen LogP) is 7.37. The summed E-state index contributed by atoms with van der Waals surface area (Å²) in [5, 5.41) is 11.5. The summed E-state index contributed by atoms with van der Waals surface area (Å²) in [5.41, 5.74) is 1.60. The van der Waals surface area contributed by atoms with Gasteiger partial charge < -0.3 is 14.7 Å². The maximum atomic E-state index is 12.8. The van der Waals surface area contributed by atoms with Crippen LogP contribution in [0.15, 0.2) is 40.6 Å². The molecule has 0 bridgehead atoms. The van der Waals surface area contributed by atoms with Gasteiger partial charge in [-0.1, -0.05) is 54.2 Å². The molecule has 1 aliphatic rings. The zero-order valence-electron chi connectivity index (χ0n) is 19.2. The molecule has 5 heteroatoms. The van der Waals surface area contributed by atoms with Crippen LogP contribution >= 0.6 is 15.9 Å². The first-order chi connectivity index (χ1) is 14.2. The molecule has 168 valence electrons. The second-order valence-electron chi connectivity index (χ2n) is 9.04. The lowest BCUT2D eigenvalue weighted by atomic mass is 9.63. The molecule has 0 radical (unpaired) electrons. The van der Waals surface area contributed by atoms with Gasteiger partial charge in [0, 0.05) is 22.0 Å². The van der Waals surface area contributed by atoms with Crippen molar-refractivity contribution in [2.45, 2.75) is 97.8 Å². The van der Waals surface area contributed by atoms with Crippen molar-refractivity contribution in [1.29, 1.82) is 0 Å². The Balaban J connectivity index is 2.36. The van der Waals surface area contributed by atoms with Gasteiger partial charge in [-0.2, -0.15) is 0 Å². The van der Waals surface area contributed by atoms with Gasteiger partial charge in [0.25, 0.3) is 0 Å². The molecule has 4 nitrogen and oxygen atoms in total. The Hall–Kier alpha value is -1.33. The molecule has 1 fully saturated rings. The van der Waals surface area contributed by atoms with Gasteiger partial charge in [0.15, 0.2) is 0 Å². The summed E-state index contributed by atoms with van der Waals surface area (Å²) >= 11 is 3.48. The summed E-state index contributed by atoms with van der Waals surface area (Å²) in [6, 6.07) is 8.06. The highest BCUT2D eigenvalue weighted by Crippen LogP contribution is 2.53. The smallest absolute Gasteiger partial charge is 0.415 e. The van der Waals surface area contributed by atoms with Crippen molar-refractivity contribution in [3.63, 3.8) is 0 Å². The monoisotopic (exact) mass is 479 g/mol. The number of aliphatic hydroxyl groups excluding tert-OH is 1. The molecule has 30 heavy (non-hydrogen) atoms. The van der Waals surface area contributed by atoms with Crippen LogP contribution in [0.25, 0.3) is 0 Å². The summed E-state index contributed by atoms with van der Waals surface area (Å²) in [7, 11) is 0. The van der Waals surface area contributed by atoms with Gasteiger partial charge in [-0.15, -0.1) is 0 Å². The van der Waals surface area contributed by atoms with Gasteiger partial charge in [-0.3, -0.25) is 0 Å². The zero-order valence-corrected chi connectivity index (χ0v) is 20.7. The maximum Gasteiger partial charge on any atom is 0.415 e. The van der Waals surface area contributed by atoms with Gasteiger partial charge in [-0.25, -0.2) is 4.79 Å². The Morgan fingerprint density at radius 1 is 1.20 bits per heavy atom. The molecule has 2 rings (SSSR count). The molecule has 0 aliphatic heterocycles. The molecular weight excluding hydrogens is 442 g/mol. The Morgan fingerprint density at radius 3 is 2.40 bits per heavy atom. The lowest BCUT2D eigenvalue weighted by molar-refractivity contribution is 0.0194. The summed E-state index contributed by atoms with van der Waals surface area (Å²) in [4.78, 5) is 14.5. The van der Waals surface area contributed by atoms with Crippen LogP contribution in [-0.4, -0.2) is 28.2 Å². The number of carbonyl (C=O) groups excluding carboxylic acids is 1. The van der Waals surface area contributed by atoms with E-state index in [1.807, 2.05) is 52.0 Å². The molecule has 1 aromatic carbocycles. The number of nitrogens with zero attached hydrogens (tertiary/aromatic N) is 1. The SMILES string of the molecule is CCCC[C@]1([C@H](O)c2ccc(Br)cc2)CCCC/C1=C\OC(=O)N(C(C)C)C(C)C. The lowest BCUT2D eigenvalue weighted by Crippen LogP contribution is -2.42. The topological polar surface area (TPSA) is 49.8 Å². The van der Waals surface area contributed by atoms with Crippen molar-refractivity contribution >= 4 is 22.0 Å². The first-order valence-electron chi connectivity index (χ1n) is 11.3. The molecule has 1 aliphatic carbocycles. The fraction of sp³-hybridized carbons (Fsp3) is 0.640. The number of halogens is 1. The fourth-order valence-corrected chi connectivity index (χ4v) is 5.00. The molecule has 0 spiro atoms. The van der Waals surface area contributed by atoms with E-state index >= 15 is 0 Å². The normalized spacial score (nSPS) is 21.8. The fourth-order valence-electron chi connectivity index (χ4n) is 4.73. The molecule has 2 atom stereocenters. The third-order valence-electron chi connectivity index (χ3n) is 6.27. The quantitative estimate of drug-likeness (QED) is 0.395. The van der Waals surface area contributed by atoms with Crippen molar-refractivity contribution in [3.05, 3.63) is 46.1 Å². The largest absolute Gasteiger partial charge is 0.418 e. The average Bonchev–Trinajstić information content (AvgIpc) is 2.70. The molecule has 0 unspecified atom stereocenters. The number of aliphatic hydroxyl groups is 1. The number of unbranched alkanes of at least 4 members (excludes halogenated alkanes) is 1. The molecular formula is C25H38BrNO3. The number of rotatable bonds is 8. The van der Waals surface area contributed by atoms with Crippen LogP contribution in [0.5, 0.6) is 0 Å². The van der Waals surface area contributed by atoms with Crippen LogP contribution in [0.4, 0.5) is 4.79 Å². The van der Waals surface area contributed by atoms with Gasteiger partial charge in [-0.05, 0) is 76.6 Å². The lowest BCUT2D eigenvalue weighted by Gasteiger charge is -2.43. The highest BCUT2D eigenvalue weighted by Gasteiger charge is 2.43. The number of hydrogen-bond acceptors (Lipinski definition) is 3. The molecule has 1 amide bonds. The standard InChI is InChI=1S/C25H38BrNO3/c1-6-7-15-25(23(28)20-11-13-22(26)14-12-20)16-9-8-10-21(25)17-30-24(29)27(18(2)3)19(4)5/h11-14,17-19,23,28H,6-10,15-16H2,1-5H3/b21-17+/t23-,25+/m1/s1. The average molecular weight is 480 g/mol. The van der Waals surface area contributed by atoms with Crippen LogP contribution in [0, 0.1) is 5.41 Å². The van der Waals surface area contributed by atoms with E-state index in [1.165, 1.54) is 0 Å². The summed E-state index contributed by atoms with van der Waals surface area (Å²) in [5.74, 6) is 0. The minimum absolute atomic E-state index is 0.0699. The van der Waals surface area contributed by atoms with Crippen molar-refractivity contribution in [3.8, 4) is 0 Å². The van der Waals surface area contributed by atoms with Crippen LogP contribution in [-0.2, 0) is 4.74 Å². The third-order valence-corrected chi connectivity index (χ3v) is 6.80. The molecule has 1 aromatic rings. The van der Waals surface area contributed by atoms with Crippen LogP contribution in [0.1, 0.15) is 91.2 Å². The third kappa shape index (κ3) is 5.88. The first-order valence-corrected chi connectivity index (χ1v) is 12.1. The minimum atomic E-state index is -0.617. The summed E-state index contributed by atoms with van der Waals surface area (Å²) in [6.07, 6.45) is 7.61. The predicted molar refractivity (Wildman–Crippen MR) is 126 cm³/mol. The second kappa shape index (κ2) is 11.3. The van der Waals surface area contributed by atoms with Gasteiger partial charge in [0.05, 0.1) is 12.4 Å². The number of benzene rings is 1. The number of amides is 1. The molecule has 1 saturated carbocycles. The second-order valence-corrected chi connectivity index (χ2v) is 9.96. The van der Waals surface area contributed by atoms with Gasteiger partial charge in [0.2, 0.25) is 0 Å².